The summed E-state index contributed by atoms with van der Waals surface area (Å²) in [5.74, 6) is -0.000648. The van der Waals surface area contributed by atoms with Gasteiger partial charge in [0.15, 0.2) is 0 Å². The predicted molar refractivity (Wildman–Crippen MR) is 85.9 cm³/mol. The van der Waals surface area contributed by atoms with Crippen LogP contribution >= 0.6 is 12.2 Å². The number of hydrogen-bond donors (Lipinski definition) is 1. The van der Waals surface area contributed by atoms with E-state index < -0.39 is 5.60 Å². The lowest BCUT2D eigenvalue weighted by atomic mass is 10.0. The average molecular weight is 294 g/mol. The van der Waals surface area contributed by atoms with E-state index in [9.17, 15) is 4.79 Å². The van der Waals surface area contributed by atoms with Crippen LogP contribution in [0.3, 0.4) is 0 Å². The van der Waals surface area contributed by atoms with Crippen molar-refractivity contribution in [3.05, 3.63) is 30.3 Å². The number of anilines is 1. The second-order valence-electron chi connectivity index (χ2n) is 5.24. The smallest absolute Gasteiger partial charge is 0.229 e. The van der Waals surface area contributed by atoms with Crippen molar-refractivity contribution in [1.82, 2.24) is 0 Å². The Kier molecular flexibility index (Phi) is 6.10. The fourth-order valence-electron chi connectivity index (χ4n) is 1.76. The molecule has 20 heavy (non-hydrogen) atoms. The average Bonchev–Trinajstić information content (AvgIpc) is 2.39. The van der Waals surface area contributed by atoms with Crippen LogP contribution in [-0.2, 0) is 9.53 Å². The van der Waals surface area contributed by atoms with Crippen LogP contribution in [0.1, 0.15) is 26.7 Å². The monoisotopic (exact) mass is 294 g/mol. The zero-order chi connectivity index (χ0) is 15.2. The van der Waals surface area contributed by atoms with Gasteiger partial charge < -0.3 is 15.4 Å². The minimum atomic E-state index is -0.493. The minimum Gasteiger partial charge on any atom is -0.393 e. The van der Waals surface area contributed by atoms with Gasteiger partial charge in [0.1, 0.15) is 0 Å². The van der Waals surface area contributed by atoms with Crippen molar-refractivity contribution in [2.45, 2.75) is 32.3 Å². The molecule has 4 nitrogen and oxygen atoms in total. The summed E-state index contributed by atoms with van der Waals surface area (Å²) in [6.07, 6.45) is 0.805. The molecule has 0 saturated carbocycles. The second kappa shape index (κ2) is 7.36. The maximum Gasteiger partial charge on any atom is 0.229 e. The Morgan fingerprint density at radius 3 is 2.45 bits per heavy atom. The molecule has 0 aromatic heterocycles. The lowest BCUT2D eigenvalue weighted by Crippen LogP contribution is -2.39. The number of methoxy groups -OCH3 is 1. The number of carbonyl (C=O) groups is 1. The number of nitrogens with two attached hydrogens (primary N) is 1. The molecule has 1 aromatic carbocycles. The Morgan fingerprint density at radius 2 is 1.95 bits per heavy atom. The fourth-order valence-corrected chi connectivity index (χ4v) is 1.85. The molecule has 1 rings (SSSR count). The second-order valence-corrected chi connectivity index (χ2v) is 5.76. The standard InChI is InChI=1S/C15H22N2O2S/c1-15(2,19-3)11-14(18)17(10-9-13(16)20)12-7-5-4-6-8-12/h4-8H,9-11H2,1-3H3,(H2,16,20). The van der Waals surface area contributed by atoms with Gasteiger partial charge in [0.2, 0.25) is 5.91 Å². The normalized spacial score (nSPS) is 11.2. The molecule has 1 aromatic rings. The maximum absolute atomic E-state index is 12.5. The molecule has 0 aliphatic heterocycles. The molecular weight excluding hydrogens is 272 g/mol. The molecule has 0 fully saturated rings. The van der Waals surface area contributed by atoms with Crippen molar-refractivity contribution < 1.29 is 9.53 Å². The first-order valence-corrected chi connectivity index (χ1v) is 6.95. The van der Waals surface area contributed by atoms with Gasteiger partial charge >= 0.3 is 0 Å². The van der Waals surface area contributed by atoms with Crippen LogP contribution < -0.4 is 10.6 Å². The van der Waals surface area contributed by atoms with Crippen molar-refractivity contribution in [3.63, 3.8) is 0 Å². The Bertz CT molecular complexity index is 460. The summed E-state index contributed by atoms with van der Waals surface area (Å²) in [7, 11) is 1.61. The van der Waals surface area contributed by atoms with Gasteiger partial charge in [-0.25, -0.2) is 0 Å². The zero-order valence-corrected chi connectivity index (χ0v) is 13.1. The third-order valence-electron chi connectivity index (χ3n) is 3.08. The Labute approximate surface area is 125 Å². The number of nitrogens with zero attached hydrogens (tertiary/aromatic N) is 1. The number of hydrogen-bond acceptors (Lipinski definition) is 3. The van der Waals surface area contributed by atoms with Crippen molar-refractivity contribution in [2.75, 3.05) is 18.6 Å². The van der Waals surface area contributed by atoms with Gasteiger partial charge in [-0.2, -0.15) is 0 Å². The zero-order valence-electron chi connectivity index (χ0n) is 12.3. The van der Waals surface area contributed by atoms with E-state index in [1.54, 1.807) is 12.0 Å². The summed E-state index contributed by atoms with van der Waals surface area (Å²) in [4.78, 5) is 14.6. The van der Waals surface area contributed by atoms with Gasteiger partial charge in [-0.3, -0.25) is 4.79 Å². The van der Waals surface area contributed by atoms with Crippen LogP contribution in [0.2, 0.25) is 0 Å². The first-order valence-electron chi connectivity index (χ1n) is 6.54. The third kappa shape index (κ3) is 5.27. The molecule has 0 unspecified atom stereocenters. The summed E-state index contributed by atoms with van der Waals surface area (Å²) in [6.45, 7) is 4.27. The molecule has 0 heterocycles. The Morgan fingerprint density at radius 1 is 1.35 bits per heavy atom. The fraction of sp³-hybridized carbons (Fsp3) is 0.467. The minimum absolute atomic E-state index is 0.000648. The van der Waals surface area contributed by atoms with Gasteiger partial charge in [0, 0.05) is 25.8 Å². The maximum atomic E-state index is 12.5. The molecule has 0 spiro atoms. The summed E-state index contributed by atoms with van der Waals surface area (Å²) < 4.78 is 5.32. The lowest BCUT2D eigenvalue weighted by molar-refractivity contribution is -0.123. The van der Waals surface area contributed by atoms with Crippen LogP contribution in [-0.4, -0.2) is 30.2 Å². The highest BCUT2D eigenvalue weighted by molar-refractivity contribution is 7.80. The molecule has 0 saturated heterocycles. The summed E-state index contributed by atoms with van der Waals surface area (Å²) in [6, 6.07) is 9.52. The van der Waals surface area contributed by atoms with Crippen LogP contribution in [0, 0.1) is 0 Å². The van der Waals surface area contributed by atoms with Crippen LogP contribution in [0.15, 0.2) is 30.3 Å². The molecule has 0 radical (unpaired) electrons. The van der Waals surface area contributed by atoms with Crippen LogP contribution in [0.5, 0.6) is 0 Å². The topological polar surface area (TPSA) is 55.6 Å². The van der Waals surface area contributed by atoms with Crippen molar-refractivity contribution in [3.8, 4) is 0 Å². The van der Waals surface area contributed by atoms with E-state index in [1.807, 2.05) is 44.2 Å². The number of thiocarbonyl (C=S) groups is 1. The van der Waals surface area contributed by atoms with Gasteiger partial charge in [-0.1, -0.05) is 30.4 Å². The SMILES string of the molecule is COC(C)(C)CC(=O)N(CCC(N)=S)c1ccccc1. The number of carbonyl (C=O) groups excluding carboxylic acids is 1. The summed E-state index contributed by atoms with van der Waals surface area (Å²) in [5, 5.41) is 0. The first kappa shape index (κ1) is 16.6. The third-order valence-corrected chi connectivity index (χ3v) is 3.28. The molecule has 110 valence electrons. The van der Waals surface area contributed by atoms with Crippen molar-refractivity contribution in [1.29, 1.82) is 0 Å². The Balaban J connectivity index is 2.87. The molecule has 1 amide bonds. The highest BCUT2D eigenvalue weighted by Gasteiger charge is 2.25. The number of amides is 1. The van der Waals surface area contributed by atoms with E-state index in [4.69, 9.17) is 22.7 Å². The number of para-hydroxylation sites is 1. The summed E-state index contributed by atoms with van der Waals surface area (Å²) >= 11 is 4.90. The molecule has 5 heteroatoms. The van der Waals surface area contributed by atoms with Gasteiger partial charge in [-0.15, -0.1) is 0 Å². The lowest BCUT2D eigenvalue weighted by Gasteiger charge is -2.28. The quantitative estimate of drug-likeness (QED) is 0.785. The van der Waals surface area contributed by atoms with E-state index in [0.717, 1.165) is 5.69 Å². The number of ether oxygens (including phenoxy) is 1. The van der Waals surface area contributed by atoms with Crippen LogP contribution in [0.25, 0.3) is 0 Å². The molecule has 0 aliphatic rings. The van der Waals surface area contributed by atoms with E-state index in [-0.39, 0.29) is 5.91 Å². The highest BCUT2D eigenvalue weighted by atomic mass is 32.1. The molecule has 0 bridgehead atoms. The van der Waals surface area contributed by atoms with Crippen LogP contribution in [0.4, 0.5) is 5.69 Å². The van der Waals surface area contributed by atoms with Gasteiger partial charge in [-0.05, 0) is 26.0 Å². The first-order chi connectivity index (χ1) is 9.35. The molecule has 2 N–H and O–H groups in total. The molecule has 0 atom stereocenters. The molecule has 0 aliphatic carbocycles. The van der Waals surface area contributed by atoms with Gasteiger partial charge in [0.05, 0.1) is 17.0 Å². The van der Waals surface area contributed by atoms with Crippen molar-refractivity contribution in [2.24, 2.45) is 5.73 Å². The van der Waals surface area contributed by atoms with E-state index >= 15 is 0 Å². The number of rotatable bonds is 7. The predicted octanol–water partition coefficient (Wildman–Crippen LogP) is 2.51. The highest BCUT2D eigenvalue weighted by Crippen LogP contribution is 2.20. The number of benzene rings is 1. The van der Waals surface area contributed by atoms with Gasteiger partial charge in [0.25, 0.3) is 0 Å². The van der Waals surface area contributed by atoms with Crippen molar-refractivity contribution >= 4 is 28.8 Å². The van der Waals surface area contributed by atoms with E-state index in [0.29, 0.717) is 24.4 Å². The Hall–Kier alpha value is -1.46. The summed E-state index contributed by atoms with van der Waals surface area (Å²) in [5.41, 5.74) is 5.90. The van der Waals surface area contributed by atoms with E-state index in [2.05, 4.69) is 0 Å². The van der Waals surface area contributed by atoms with E-state index in [1.165, 1.54) is 0 Å². The molecular formula is C15H22N2O2S. The largest absolute Gasteiger partial charge is 0.393 e.